The summed E-state index contributed by atoms with van der Waals surface area (Å²) >= 11 is 0.489. The molecule has 0 aliphatic carbocycles. The maximum atomic E-state index is 12.7. The molecule has 126 valence electrons. The predicted octanol–water partition coefficient (Wildman–Crippen LogP) is 3.62. The first-order chi connectivity index (χ1) is 11.5. The fraction of sp³-hybridized carbons (Fsp3) is 0.250. The van der Waals surface area contributed by atoms with Gasteiger partial charge in [-0.15, -0.1) is 0 Å². The van der Waals surface area contributed by atoms with Gasteiger partial charge in [-0.1, -0.05) is 0 Å². The number of hydrogen-bond acceptors (Lipinski definition) is 5. The van der Waals surface area contributed by atoms with E-state index in [0.29, 0.717) is 10.9 Å². The fourth-order valence-corrected chi connectivity index (χ4v) is 3.90. The van der Waals surface area contributed by atoms with Crippen molar-refractivity contribution in [3.8, 4) is 11.5 Å². The van der Waals surface area contributed by atoms with Crippen molar-refractivity contribution in [2.75, 3.05) is 7.11 Å². The molecule has 3 rings (SSSR count). The Morgan fingerprint density at radius 1 is 1.33 bits per heavy atom. The molecule has 0 bridgehead atoms. The summed E-state index contributed by atoms with van der Waals surface area (Å²) in [6, 6.07) is 5.48. The second-order valence-corrected chi connectivity index (χ2v) is 7.14. The van der Waals surface area contributed by atoms with Crippen molar-refractivity contribution in [1.82, 2.24) is 15.0 Å². The van der Waals surface area contributed by atoms with Crippen LogP contribution in [0.4, 0.5) is 0 Å². The lowest BCUT2D eigenvalue weighted by molar-refractivity contribution is 0.407. The van der Waals surface area contributed by atoms with Gasteiger partial charge in [-0.3, -0.25) is 9.97 Å². The van der Waals surface area contributed by atoms with Crippen LogP contribution < -0.4 is 7.80 Å². The van der Waals surface area contributed by atoms with Crippen molar-refractivity contribution < 1.29 is 12.4 Å². The molecule has 0 fully saturated rings. The summed E-state index contributed by atoms with van der Waals surface area (Å²) in [5.41, 5.74) is 4.15. The van der Waals surface area contributed by atoms with Crippen molar-refractivity contribution in [2.45, 2.75) is 24.8 Å². The fourth-order valence-electron chi connectivity index (χ4n) is 2.53. The maximum absolute atomic E-state index is 12.7. The van der Waals surface area contributed by atoms with E-state index in [0.717, 1.165) is 33.6 Å². The van der Waals surface area contributed by atoms with Crippen molar-refractivity contribution in [3.05, 3.63) is 41.2 Å². The molecule has 8 heteroatoms. The van der Waals surface area contributed by atoms with Crippen LogP contribution in [-0.4, -0.2) is 26.6 Å². The number of aromatic nitrogens is 3. The molecule has 0 saturated carbocycles. The first-order valence-electron chi connectivity index (χ1n) is 7.19. The van der Waals surface area contributed by atoms with Gasteiger partial charge in [-0.2, -0.15) is 4.98 Å². The van der Waals surface area contributed by atoms with E-state index in [2.05, 4.69) is 15.0 Å². The zero-order chi connectivity index (χ0) is 17.3. The van der Waals surface area contributed by atoms with E-state index < -0.39 is 11.2 Å². The normalized spacial score (nSPS) is 12.4. The Morgan fingerprint density at radius 2 is 2.12 bits per heavy atom. The number of hydrogen-bond donors (Lipinski definition) is 1. The highest BCUT2D eigenvalue weighted by Crippen LogP contribution is 2.27. The van der Waals surface area contributed by atoms with Crippen molar-refractivity contribution >= 4 is 45.2 Å². The van der Waals surface area contributed by atoms with E-state index in [1.165, 1.54) is 0 Å². The monoisotopic (exact) mass is 457 g/mol. The molecule has 6 nitrogen and oxygen atoms in total. The molecule has 0 saturated heterocycles. The Labute approximate surface area is 156 Å². The Morgan fingerprint density at radius 3 is 2.83 bits per heavy atom. The van der Waals surface area contributed by atoms with E-state index in [9.17, 15) is 4.55 Å². The topological polar surface area (TPSA) is 83.1 Å². The number of rotatable bonds is 5. The molecule has 0 amide bonds. The smallest absolute Gasteiger partial charge is 0.322 e. The molecule has 2 aromatic heterocycles. The van der Waals surface area contributed by atoms with Crippen molar-refractivity contribution in [1.29, 1.82) is 0 Å². The van der Waals surface area contributed by atoms with E-state index in [4.69, 9.17) is 7.80 Å². The number of methoxy groups -OCH3 is 1. The van der Waals surface area contributed by atoms with Crippen molar-refractivity contribution in [3.63, 3.8) is 0 Å². The molecule has 24 heavy (non-hydrogen) atoms. The molecule has 0 aliphatic heterocycles. The van der Waals surface area contributed by atoms with Gasteiger partial charge >= 0.3 is 5.16 Å². The average molecular weight is 457 g/mol. The number of benzene rings is 1. The van der Waals surface area contributed by atoms with Crippen molar-refractivity contribution in [2.24, 2.45) is 0 Å². The highest BCUT2D eigenvalue weighted by Gasteiger charge is 2.21. The third-order valence-corrected chi connectivity index (χ3v) is 5.42. The molecule has 3 aromatic rings. The van der Waals surface area contributed by atoms with E-state index in [1.807, 2.05) is 55.1 Å². The van der Waals surface area contributed by atoms with Gasteiger partial charge in [0.15, 0.2) is 28.8 Å². The summed E-state index contributed by atoms with van der Waals surface area (Å²) in [5, 5.41) is 0.427. The lowest BCUT2D eigenvalue weighted by Crippen LogP contribution is -2.10. The zero-order valence-electron chi connectivity index (χ0n) is 13.4. The van der Waals surface area contributed by atoms with Gasteiger partial charge in [-0.05, 0) is 26.0 Å². The number of H-pyrrole nitrogens is 1. The number of nitrogens with one attached hydrogen (secondary N) is 1. The van der Waals surface area contributed by atoms with Crippen LogP contribution in [0, 0.1) is 13.8 Å². The van der Waals surface area contributed by atoms with Crippen LogP contribution in [0.25, 0.3) is 11.0 Å². The minimum absolute atomic E-state index is 0.276. The summed E-state index contributed by atoms with van der Waals surface area (Å²) in [7, 11) is 1.63. The largest absolute Gasteiger partial charge is 0.609 e. The first kappa shape index (κ1) is 17.3. The van der Waals surface area contributed by atoms with Gasteiger partial charge in [0.25, 0.3) is 0 Å². The highest BCUT2D eigenvalue weighted by atomic mass is 127. The Balaban J connectivity index is 1.88. The Kier molecular flexibility index (Phi) is 5.16. The third kappa shape index (κ3) is 3.31. The first-order valence-corrected chi connectivity index (χ1v) is 9.39. The Hall–Kier alpha value is -1.52. The number of halogens is 1. The van der Waals surface area contributed by atoms with Gasteiger partial charge < -0.3 is 12.4 Å². The number of ether oxygens (including phenoxy) is 1. The standard InChI is InChI=1S/C16H16IN3O3S/c1-9-7-18-14(10(2)15(9)22-3)8-24(21)16-19-12-5-4-11(23-17)6-13(12)20-16/h4-7H,8H2,1-3H3,(H,19,20). The maximum Gasteiger partial charge on any atom is 0.322 e. The summed E-state index contributed by atoms with van der Waals surface area (Å²) in [6.07, 6.45) is 1.74. The molecule has 0 spiro atoms. The molecule has 1 aromatic carbocycles. The molecule has 2 heterocycles. The third-order valence-electron chi connectivity index (χ3n) is 3.75. The summed E-state index contributed by atoms with van der Waals surface area (Å²) < 4.78 is 23.2. The lowest BCUT2D eigenvalue weighted by Gasteiger charge is -2.13. The number of aryl methyl sites for hydroxylation is 1. The number of pyridine rings is 1. The lowest BCUT2D eigenvalue weighted by atomic mass is 10.1. The average Bonchev–Trinajstić information content (AvgIpc) is 3.01. The minimum atomic E-state index is -1.33. The summed E-state index contributed by atoms with van der Waals surface area (Å²) in [4.78, 5) is 11.9. The second kappa shape index (κ2) is 7.16. The van der Waals surface area contributed by atoms with Crippen LogP contribution in [0.5, 0.6) is 11.5 Å². The predicted molar refractivity (Wildman–Crippen MR) is 101 cm³/mol. The van der Waals surface area contributed by atoms with Crippen LogP contribution in [0.1, 0.15) is 16.8 Å². The van der Waals surface area contributed by atoms with Crippen LogP contribution in [0.2, 0.25) is 0 Å². The number of aromatic amines is 1. The number of fused-ring (bicyclic) bond motifs is 1. The van der Waals surface area contributed by atoms with E-state index in [1.54, 1.807) is 13.3 Å². The van der Waals surface area contributed by atoms with Crippen LogP contribution in [-0.2, 0) is 16.9 Å². The van der Waals surface area contributed by atoms with Gasteiger partial charge in [-0.25, -0.2) is 0 Å². The number of imidazole rings is 1. The van der Waals surface area contributed by atoms with Gasteiger partial charge in [0.05, 0.1) is 23.8 Å². The highest BCUT2D eigenvalue weighted by molar-refractivity contribution is 14.1. The van der Waals surface area contributed by atoms with Crippen LogP contribution in [0.3, 0.4) is 0 Å². The minimum Gasteiger partial charge on any atom is -0.609 e. The molecule has 0 aliphatic rings. The zero-order valence-corrected chi connectivity index (χ0v) is 16.4. The molecule has 1 N–H and O–H groups in total. The SMILES string of the molecule is COc1c(C)cnc(C[S+]([O-])c2nc3ccc(OI)cc3[nH]2)c1C. The molecule has 1 unspecified atom stereocenters. The molecular formula is C16H16IN3O3S. The van der Waals surface area contributed by atoms with Crippen LogP contribution >= 0.6 is 23.0 Å². The Bertz CT molecular complexity index is 884. The van der Waals surface area contributed by atoms with Crippen LogP contribution in [0.15, 0.2) is 29.6 Å². The quantitative estimate of drug-likeness (QED) is 0.468. The van der Waals surface area contributed by atoms with E-state index in [-0.39, 0.29) is 5.75 Å². The van der Waals surface area contributed by atoms with Gasteiger partial charge in [0.2, 0.25) is 0 Å². The summed E-state index contributed by atoms with van der Waals surface area (Å²) in [5.74, 6) is 1.77. The molecular weight excluding hydrogens is 441 g/mol. The molecule has 1 atom stereocenters. The molecule has 0 radical (unpaired) electrons. The van der Waals surface area contributed by atoms with Gasteiger partial charge in [0, 0.05) is 34.6 Å². The van der Waals surface area contributed by atoms with E-state index >= 15 is 0 Å². The summed E-state index contributed by atoms with van der Waals surface area (Å²) in [6.45, 7) is 3.86. The van der Waals surface area contributed by atoms with Gasteiger partial charge in [0.1, 0.15) is 11.5 Å². The number of nitrogens with zero attached hydrogens (tertiary/aromatic N) is 2. The second-order valence-electron chi connectivity index (χ2n) is 5.33.